The van der Waals surface area contributed by atoms with Crippen LogP contribution in [0.4, 0.5) is 27.9 Å². The molecule has 1 aliphatic heterocycles. The first-order chi connectivity index (χ1) is 51.6. The van der Waals surface area contributed by atoms with Crippen molar-refractivity contribution in [3.8, 4) is 0 Å². The van der Waals surface area contributed by atoms with Gasteiger partial charge in [-0.05, 0) is 126 Å². The molecule has 2 aliphatic rings. The number of hydrogen-bond acceptors (Lipinski definition) is 24. The number of nitrogens with one attached hydrogen (secondary N) is 11. The van der Waals surface area contributed by atoms with Gasteiger partial charge < -0.3 is 84.1 Å². The second-order valence-electron chi connectivity index (χ2n) is 27.0. The van der Waals surface area contributed by atoms with Crippen LogP contribution >= 0.6 is 21.6 Å². The number of hydrogen-bond donors (Lipinski definition) is 15. The smallest absolute Gasteiger partial charge is 0.421 e. The molecule has 592 valence electrons. The molecule has 8 atom stereocenters. The fourth-order valence-corrected chi connectivity index (χ4v) is 15.3. The Kier molecular flexibility index (Phi) is 31.9. The summed E-state index contributed by atoms with van der Waals surface area (Å²) in [5.74, 6) is -9.31. The third-order valence-electron chi connectivity index (χ3n) is 17.8. The topological polar surface area (TPSA) is 523 Å². The summed E-state index contributed by atoms with van der Waals surface area (Å²) in [6.45, 7) is 6.60. The molecule has 3 heterocycles. The number of benzene rings is 3. The number of nitrogens with zero attached hydrogens (tertiary/aromatic N) is 6. The summed E-state index contributed by atoms with van der Waals surface area (Å²) >= 11 is 0. The largest absolute Gasteiger partial charge is 0.447 e. The van der Waals surface area contributed by atoms with Gasteiger partial charge in [-0.1, -0.05) is 78.3 Å². The number of fused-ring (bicyclic) bond motifs is 1. The zero-order valence-electron chi connectivity index (χ0n) is 61.8. The Balaban J connectivity index is 0.930. The van der Waals surface area contributed by atoms with Crippen molar-refractivity contribution in [2.45, 2.75) is 157 Å². The van der Waals surface area contributed by atoms with Crippen molar-refractivity contribution in [3.63, 3.8) is 0 Å². The number of nitrogens with two attached hydrogens (primary N) is 2. The Bertz CT molecular complexity index is 4220. The molecule has 2 fully saturated rings. The first-order valence-electron chi connectivity index (χ1n) is 35.3. The van der Waals surface area contributed by atoms with Crippen LogP contribution in [0.1, 0.15) is 95.9 Å². The molecule has 1 saturated carbocycles. The van der Waals surface area contributed by atoms with Crippen LogP contribution in [0.2, 0.25) is 0 Å². The normalized spacial score (nSPS) is 19.3. The standard InChI is InChI=1S/C70H97N19O17S3/c1-39(2)30-51-62(97)77-34-56(93)76-35-58(95)85-60(42(5)90)66(101)74-28-22-49(64(99)80-48(21-26-71)63(98)82-52(65(100)81-51)31-44-14-10-9-11-15-44)79-57(94)36-78-67(102)61(43(6)91)84-55(92)16-12-27-73-59(96)37-107-108-70(24-13-25-70)38-106-69(103)89(46-18-17-40(3)53(33-46)109(72,104)105)68-75-29-23-54(83-68)87(7)45-19-20-47-41(4)88(8)86-50(47)32-45/h9-11,14-15,17-20,23,29,32-33,39,42-43,48-49,51-52,60-61,90-91H,12-13,16,21-22,24-28,30-31,34-38,71H2,1-8H3,(H,73,96)(H,74,101)(H,76,93)(H,77,97)(H,78,102)(H,79,94)(H,80,99)(H,81,100)(H,82,98)(H,84,92)(H,85,95)(H2,72,104,105)/t42-,43-,48+,49+,51+,52-,60+,61+/m1/s1. The number of carbonyl (C=O) groups is 12. The van der Waals surface area contributed by atoms with Gasteiger partial charge in [0.1, 0.15) is 48.7 Å². The fourth-order valence-electron chi connectivity index (χ4n) is 11.5. The van der Waals surface area contributed by atoms with E-state index in [1.54, 1.807) is 73.8 Å². The number of rotatable bonds is 28. The molecule has 0 spiro atoms. The molecule has 109 heavy (non-hydrogen) atoms. The van der Waals surface area contributed by atoms with Crippen molar-refractivity contribution >= 4 is 137 Å². The average Bonchev–Trinajstić information content (AvgIpc) is 1.74. The molecule has 3 aromatic carbocycles. The van der Waals surface area contributed by atoms with Crippen molar-refractivity contribution in [2.75, 3.05) is 68.5 Å². The number of aromatic nitrogens is 4. The molecule has 39 heteroatoms. The maximum absolute atomic E-state index is 14.4. The summed E-state index contributed by atoms with van der Waals surface area (Å²) in [6.07, 6.45) is -1.27. The van der Waals surface area contributed by atoms with E-state index >= 15 is 0 Å². The molecule has 7 rings (SSSR count). The number of carbonyl (C=O) groups excluding carboxylic acids is 12. The second kappa shape index (κ2) is 40.4. The van der Waals surface area contributed by atoms with Crippen LogP contribution in [0.3, 0.4) is 0 Å². The van der Waals surface area contributed by atoms with E-state index in [0.29, 0.717) is 29.8 Å². The number of aryl methyl sites for hydroxylation is 3. The summed E-state index contributed by atoms with van der Waals surface area (Å²) in [5, 5.41) is 59.6. The molecule has 36 nitrogen and oxygen atoms in total. The van der Waals surface area contributed by atoms with Gasteiger partial charge in [0.05, 0.1) is 58.4 Å². The minimum atomic E-state index is -4.25. The first kappa shape index (κ1) is 86.2. The molecule has 1 aliphatic carbocycles. The fraction of sp³-hybridized carbons (Fsp3) is 0.500. The lowest BCUT2D eigenvalue weighted by Crippen LogP contribution is -2.60. The van der Waals surface area contributed by atoms with E-state index in [1.807, 2.05) is 32.2 Å². The highest BCUT2D eigenvalue weighted by Gasteiger charge is 2.41. The van der Waals surface area contributed by atoms with Crippen LogP contribution in [-0.4, -0.2) is 221 Å². The Morgan fingerprint density at radius 1 is 0.789 bits per heavy atom. The average molecular weight is 1570 g/mol. The quantitative estimate of drug-likeness (QED) is 0.0212. The zero-order chi connectivity index (χ0) is 79.9. The second-order valence-corrected chi connectivity index (χ2v) is 31.3. The van der Waals surface area contributed by atoms with Crippen LogP contribution in [0, 0.1) is 19.8 Å². The summed E-state index contributed by atoms with van der Waals surface area (Å²) in [6, 6.07) is 11.2. The van der Waals surface area contributed by atoms with E-state index in [-0.39, 0.29) is 85.9 Å². The Hall–Kier alpha value is -10.1. The molecular formula is C70H97N19O17S3. The third-order valence-corrected chi connectivity index (χ3v) is 22.0. The molecule has 2 aromatic heterocycles. The molecule has 12 amide bonds. The van der Waals surface area contributed by atoms with Crippen LogP contribution in [-0.2, 0) is 81.0 Å². The van der Waals surface area contributed by atoms with Crippen LogP contribution in [0.25, 0.3) is 10.9 Å². The van der Waals surface area contributed by atoms with Gasteiger partial charge in [0, 0.05) is 63.0 Å². The van der Waals surface area contributed by atoms with Crippen LogP contribution in [0.15, 0.2) is 83.9 Å². The Labute approximate surface area is 638 Å². The van der Waals surface area contributed by atoms with E-state index in [2.05, 4.69) is 68.6 Å². The van der Waals surface area contributed by atoms with Crippen LogP contribution < -0.4 is 79.2 Å². The maximum atomic E-state index is 14.4. The van der Waals surface area contributed by atoms with Crippen molar-refractivity contribution in [2.24, 2.45) is 23.8 Å². The highest BCUT2D eigenvalue weighted by molar-refractivity contribution is 8.77. The number of primary sulfonamides is 1. The molecule has 0 radical (unpaired) electrons. The number of aliphatic hydroxyl groups is 2. The van der Waals surface area contributed by atoms with E-state index in [1.165, 1.54) is 59.8 Å². The van der Waals surface area contributed by atoms with Gasteiger partial charge in [-0.3, -0.25) is 57.4 Å². The molecule has 5 aromatic rings. The van der Waals surface area contributed by atoms with Gasteiger partial charge >= 0.3 is 6.09 Å². The van der Waals surface area contributed by atoms with Gasteiger partial charge in [0.25, 0.3) is 0 Å². The van der Waals surface area contributed by atoms with Gasteiger partial charge in [-0.25, -0.2) is 28.2 Å². The zero-order valence-corrected chi connectivity index (χ0v) is 64.3. The molecule has 0 unspecified atom stereocenters. The van der Waals surface area contributed by atoms with Gasteiger partial charge in [-0.2, -0.15) is 10.1 Å². The molecule has 17 N–H and O–H groups in total. The monoisotopic (exact) mass is 1570 g/mol. The molecule has 1 saturated heterocycles. The van der Waals surface area contributed by atoms with Crippen molar-refractivity contribution < 1.29 is 80.9 Å². The van der Waals surface area contributed by atoms with E-state index in [9.17, 15) is 76.2 Å². The third kappa shape index (κ3) is 25.5. The summed E-state index contributed by atoms with van der Waals surface area (Å²) in [7, 11) is 1.96. The number of ether oxygens (including phenoxy) is 1. The van der Waals surface area contributed by atoms with Crippen molar-refractivity contribution in [3.05, 3.63) is 95.8 Å². The van der Waals surface area contributed by atoms with E-state index in [4.69, 9.17) is 20.6 Å². The highest BCUT2D eigenvalue weighted by atomic mass is 33.1. The lowest BCUT2D eigenvalue weighted by Gasteiger charge is -2.40. The lowest BCUT2D eigenvalue weighted by atomic mass is 9.85. The summed E-state index contributed by atoms with van der Waals surface area (Å²) < 4.78 is 32.6. The Morgan fingerprint density at radius 3 is 2.15 bits per heavy atom. The summed E-state index contributed by atoms with van der Waals surface area (Å²) in [5.41, 5.74) is 9.39. The number of anilines is 4. The molecule has 0 bridgehead atoms. The van der Waals surface area contributed by atoms with E-state index in [0.717, 1.165) is 33.6 Å². The number of amides is 12. The predicted octanol–water partition coefficient (Wildman–Crippen LogP) is -0.953. The first-order valence-corrected chi connectivity index (χ1v) is 39.2. The highest BCUT2D eigenvalue weighted by Crippen LogP contribution is 2.50. The predicted molar refractivity (Wildman–Crippen MR) is 405 cm³/mol. The molecular weight excluding hydrogens is 1480 g/mol. The van der Waals surface area contributed by atoms with Crippen LogP contribution in [0.5, 0.6) is 0 Å². The minimum Gasteiger partial charge on any atom is -0.447 e. The van der Waals surface area contributed by atoms with Crippen molar-refractivity contribution in [1.29, 1.82) is 0 Å². The van der Waals surface area contributed by atoms with Gasteiger partial charge in [0.15, 0.2) is 0 Å². The number of aliphatic hydroxyl groups excluding tert-OH is 2. The lowest BCUT2D eigenvalue weighted by molar-refractivity contribution is -0.135. The van der Waals surface area contributed by atoms with E-state index < -0.39 is 161 Å². The van der Waals surface area contributed by atoms with Gasteiger partial charge in [-0.15, -0.1) is 0 Å². The minimum absolute atomic E-state index is 0.0208. The Morgan fingerprint density at radius 2 is 1.48 bits per heavy atom. The van der Waals surface area contributed by atoms with Gasteiger partial charge in [0.2, 0.25) is 81.0 Å². The maximum Gasteiger partial charge on any atom is 0.421 e. The SMILES string of the molecule is Cc1ccc(N(C(=O)OCC2(SSCC(=O)NCCCC(=O)N[C@H](C(=O)NCC(=O)N[C@H]3CCNC(=O)[C@H]([C@@H](C)O)NC(=O)CNC(=O)CNC(=O)[C@H](CC(C)C)NC(=O)[C@@H](Cc4ccccc4)NC(=O)[C@H](CCN)NC3=O)[C@@H](C)O)CCC2)c2nccc(N(C)c3ccc4c(C)n(C)nc4c3)n2)cc1S(N)(=O)=O. The summed E-state index contributed by atoms with van der Waals surface area (Å²) in [4.78, 5) is 175. The van der Waals surface area contributed by atoms with Crippen molar-refractivity contribution in [1.82, 2.24) is 78.2 Å². The number of sulfonamides is 1.